The molecule has 1 aromatic heterocycles. The van der Waals surface area contributed by atoms with Crippen LogP contribution in [-0.2, 0) is 14.3 Å². The third-order valence-corrected chi connectivity index (χ3v) is 7.64. The Morgan fingerprint density at radius 1 is 0.946 bits per heavy atom. The highest BCUT2D eigenvalue weighted by molar-refractivity contribution is 7.86. The number of phenolic OH excluding ortho intramolecular Hbond substituents is 1. The number of hydrogen-bond acceptors (Lipinski definition) is 7. The van der Waals surface area contributed by atoms with E-state index >= 15 is 0 Å². The van der Waals surface area contributed by atoms with Crippen LogP contribution in [-0.4, -0.2) is 44.3 Å². The molecule has 1 unspecified atom stereocenters. The molecular weight excluding hydrogens is 488 g/mol. The van der Waals surface area contributed by atoms with Crippen LogP contribution in [0.5, 0.6) is 11.5 Å². The number of pyridine rings is 1. The Bertz CT molecular complexity index is 1450. The molecule has 1 N–H and O–H groups in total. The van der Waals surface area contributed by atoms with Crippen LogP contribution in [0.3, 0.4) is 0 Å². The fraction of sp³-hybridized carbons (Fsp3) is 0.276. The lowest BCUT2D eigenvalue weighted by molar-refractivity contribution is 0.182. The van der Waals surface area contributed by atoms with Crippen molar-refractivity contribution in [2.24, 2.45) is 0 Å². The summed E-state index contributed by atoms with van der Waals surface area (Å²) in [4.78, 5) is 6.87. The molecule has 1 heterocycles. The van der Waals surface area contributed by atoms with E-state index in [0.29, 0.717) is 12.2 Å². The zero-order valence-corrected chi connectivity index (χ0v) is 22.1. The second-order valence-electron chi connectivity index (χ2n) is 8.74. The van der Waals surface area contributed by atoms with E-state index in [1.165, 1.54) is 23.9 Å². The first-order valence-electron chi connectivity index (χ1n) is 12.4. The van der Waals surface area contributed by atoms with Crippen molar-refractivity contribution in [2.45, 2.75) is 38.2 Å². The van der Waals surface area contributed by atoms with Gasteiger partial charge in [0.25, 0.3) is 0 Å². The maximum atomic E-state index is 12.4. The van der Waals surface area contributed by atoms with Gasteiger partial charge in [0.05, 0.1) is 23.9 Å². The van der Waals surface area contributed by atoms with E-state index in [2.05, 4.69) is 43.0 Å². The molecule has 4 aromatic rings. The number of rotatable bonds is 11. The molecule has 0 saturated heterocycles. The molecule has 8 heteroatoms. The molecule has 0 fully saturated rings. The van der Waals surface area contributed by atoms with Gasteiger partial charge >= 0.3 is 10.1 Å². The van der Waals surface area contributed by atoms with E-state index in [4.69, 9.17) is 13.9 Å². The summed E-state index contributed by atoms with van der Waals surface area (Å²) in [5.41, 5.74) is 4.03. The second-order valence-corrected chi connectivity index (χ2v) is 10.3. The monoisotopic (exact) mass is 520 g/mol. The predicted octanol–water partition coefficient (Wildman–Crippen LogP) is 6.02. The quantitative estimate of drug-likeness (QED) is 0.242. The van der Waals surface area contributed by atoms with Crippen LogP contribution in [0.2, 0.25) is 0 Å². The van der Waals surface area contributed by atoms with Gasteiger partial charge < -0.3 is 14.7 Å². The Hall–Kier alpha value is -3.62. The number of aromatic hydroxyl groups is 1. The minimum absolute atomic E-state index is 0.246. The van der Waals surface area contributed by atoms with Crippen molar-refractivity contribution in [1.29, 1.82) is 0 Å². The third kappa shape index (κ3) is 6.39. The third-order valence-electron chi connectivity index (χ3n) is 6.17. The van der Waals surface area contributed by atoms with E-state index in [9.17, 15) is 13.5 Å². The number of phenols is 1. The normalized spacial score (nSPS) is 12.4. The zero-order valence-electron chi connectivity index (χ0n) is 21.3. The summed E-state index contributed by atoms with van der Waals surface area (Å²) in [6, 6.07) is 23.9. The fourth-order valence-electron chi connectivity index (χ4n) is 4.11. The number of fused-ring (bicyclic) bond motifs is 1. The molecule has 0 saturated carbocycles. The molecule has 1 atom stereocenters. The van der Waals surface area contributed by atoms with Gasteiger partial charge in [0.1, 0.15) is 16.4 Å². The molecule has 0 bridgehead atoms. The zero-order chi connectivity index (χ0) is 26.4. The van der Waals surface area contributed by atoms with Crippen LogP contribution in [0.4, 0.5) is 5.69 Å². The van der Waals surface area contributed by atoms with Crippen LogP contribution in [0.15, 0.2) is 83.8 Å². The largest absolute Gasteiger partial charge is 0.506 e. The summed E-state index contributed by atoms with van der Waals surface area (Å²) in [5, 5.41) is 10.8. The standard InChI is InChI=1S/C29H32N2O5S/c1-4-31(5-2)24-13-10-22(11-14-24)26-16-12-23-20-25(15-17-27(23)30-26)35-19-18-21(3)36-37(33,34)29-9-7-6-8-28(29)32/h6-17,20-21,32H,4-5,18-19H2,1-3H3. The van der Waals surface area contributed by atoms with Gasteiger partial charge in [-0.1, -0.05) is 30.3 Å². The molecule has 0 aliphatic carbocycles. The van der Waals surface area contributed by atoms with Gasteiger partial charge in [0.2, 0.25) is 0 Å². The summed E-state index contributed by atoms with van der Waals surface area (Å²) < 4.78 is 35.9. The molecule has 0 amide bonds. The smallest absolute Gasteiger partial charge is 0.300 e. The summed E-state index contributed by atoms with van der Waals surface area (Å²) in [7, 11) is -4.07. The van der Waals surface area contributed by atoms with Crippen molar-refractivity contribution in [3.63, 3.8) is 0 Å². The average Bonchev–Trinajstić information content (AvgIpc) is 2.89. The number of anilines is 1. The summed E-state index contributed by atoms with van der Waals surface area (Å²) >= 11 is 0. The number of nitrogens with zero attached hydrogens (tertiary/aromatic N) is 2. The first kappa shape index (κ1) is 26.4. The Kier molecular flexibility index (Phi) is 8.31. The maximum Gasteiger partial charge on any atom is 0.300 e. The molecule has 37 heavy (non-hydrogen) atoms. The fourth-order valence-corrected chi connectivity index (χ4v) is 5.32. The van der Waals surface area contributed by atoms with E-state index in [0.717, 1.165) is 35.2 Å². The van der Waals surface area contributed by atoms with Gasteiger partial charge in [-0.3, -0.25) is 4.18 Å². The first-order chi connectivity index (χ1) is 17.8. The molecule has 7 nitrogen and oxygen atoms in total. The lowest BCUT2D eigenvalue weighted by atomic mass is 10.1. The number of hydrogen-bond donors (Lipinski definition) is 1. The van der Waals surface area contributed by atoms with Crippen molar-refractivity contribution in [3.8, 4) is 22.8 Å². The molecule has 194 valence electrons. The van der Waals surface area contributed by atoms with E-state index in [1.54, 1.807) is 13.0 Å². The molecule has 0 spiro atoms. The Morgan fingerprint density at radius 3 is 2.38 bits per heavy atom. The van der Waals surface area contributed by atoms with Gasteiger partial charge in [0, 0.05) is 36.1 Å². The van der Waals surface area contributed by atoms with Crippen LogP contribution in [0.25, 0.3) is 22.2 Å². The molecule has 4 rings (SSSR count). The molecule has 3 aromatic carbocycles. The minimum atomic E-state index is -4.07. The lowest BCUT2D eigenvalue weighted by Crippen LogP contribution is -2.21. The second kappa shape index (κ2) is 11.6. The van der Waals surface area contributed by atoms with E-state index in [1.807, 2.05) is 30.3 Å². The highest BCUT2D eigenvalue weighted by Gasteiger charge is 2.22. The number of para-hydroxylation sites is 1. The summed E-state index contributed by atoms with van der Waals surface area (Å²) in [5.74, 6) is 0.330. The lowest BCUT2D eigenvalue weighted by Gasteiger charge is -2.21. The average molecular weight is 521 g/mol. The highest BCUT2D eigenvalue weighted by atomic mass is 32.2. The maximum absolute atomic E-state index is 12.4. The molecule has 0 radical (unpaired) electrons. The van der Waals surface area contributed by atoms with Crippen LogP contribution in [0, 0.1) is 0 Å². The van der Waals surface area contributed by atoms with Crippen LogP contribution in [0.1, 0.15) is 27.2 Å². The SMILES string of the molecule is CCN(CC)c1ccc(-c2ccc3cc(OCCC(C)OS(=O)(=O)c4ccccc4O)ccc3n2)cc1. The van der Waals surface area contributed by atoms with E-state index < -0.39 is 16.2 Å². The molecular formula is C29H32N2O5S. The number of benzene rings is 3. The van der Waals surface area contributed by atoms with Crippen molar-refractivity contribution in [2.75, 3.05) is 24.6 Å². The van der Waals surface area contributed by atoms with Gasteiger partial charge in [-0.05, 0) is 69.3 Å². The van der Waals surface area contributed by atoms with E-state index in [-0.39, 0.29) is 17.3 Å². The number of aromatic nitrogens is 1. The molecule has 0 aliphatic heterocycles. The summed E-state index contributed by atoms with van der Waals surface area (Å²) in [6.45, 7) is 8.17. The van der Waals surface area contributed by atoms with Crippen molar-refractivity contribution in [1.82, 2.24) is 4.98 Å². The topological polar surface area (TPSA) is 89.0 Å². The van der Waals surface area contributed by atoms with Crippen molar-refractivity contribution in [3.05, 3.63) is 78.9 Å². The highest BCUT2D eigenvalue weighted by Crippen LogP contribution is 2.27. The molecule has 0 aliphatic rings. The van der Waals surface area contributed by atoms with Gasteiger partial charge in [0.15, 0.2) is 0 Å². The summed E-state index contributed by atoms with van der Waals surface area (Å²) in [6.07, 6.45) is -0.270. The Balaban J connectivity index is 1.36. The van der Waals surface area contributed by atoms with Gasteiger partial charge in [-0.2, -0.15) is 8.42 Å². The first-order valence-corrected chi connectivity index (χ1v) is 13.8. The Labute approximate surface area is 218 Å². The van der Waals surface area contributed by atoms with Gasteiger partial charge in [-0.15, -0.1) is 0 Å². The van der Waals surface area contributed by atoms with Crippen LogP contribution < -0.4 is 9.64 Å². The minimum Gasteiger partial charge on any atom is -0.506 e. The predicted molar refractivity (Wildman–Crippen MR) is 147 cm³/mol. The van der Waals surface area contributed by atoms with Crippen molar-refractivity contribution >= 4 is 26.7 Å². The number of ether oxygens (including phenoxy) is 1. The Morgan fingerprint density at radius 2 is 1.68 bits per heavy atom. The van der Waals surface area contributed by atoms with Gasteiger partial charge in [-0.25, -0.2) is 4.98 Å². The van der Waals surface area contributed by atoms with Crippen LogP contribution >= 0.6 is 0 Å². The van der Waals surface area contributed by atoms with Crippen molar-refractivity contribution < 1.29 is 22.4 Å².